The van der Waals surface area contributed by atoms with E-state index in [9.17, 15) is 0 Å². The van der Waals surface area contributed by atoms with Crippen LogP contribution in [-0.4, -0.2) is 9.13 Å². The first-order valence-electron chi connectivity index (χ1n) is 23.7. The molecule has 0 saturated carbocycles. The minimum Gasteiger partial charge on any atom is -0.453 e. The van der Waals surface area contributed by atoms with Gasteiger partial charge < -0.3 is 13.3 Å². The lowest BCUT2D eigenvalue weighted by atomic mass is 10.00. The van der Waals surface area contributed by atoms with Crippen molar-refractivity contribution >= 4 is 119 Å². The second-order valence-corrected chi connectivity index (χ2v) is 19.3. The second kappa shape index (κ2) is 14.2. The molecule has 16 aromatic rings. The van der Waals surface area contributed by atoms with Gasteiger partial charge in [0.25, 0.3) is 0 Å². The fourth-order valence-corrected chi connectivity index (χ4v) is 12.7. The highest BCUT2D eigenvalue weighted by molar-refractivity contribution is 7.25. The maximum absolute atomic E-state index is 7.02. The van der Waals surface area contributed by atoms with Crippen molar-refractivity contribution in [1.29, 1.82) is 0 Å². The molecule has 6 heteroatoms. The molecule has 6 aromatic heterocycles. The summed E-state index contributed by atoms with van der Waals surface area (Å²) in [6.45, 7) is 0. The lowest BCUT2D eigenvalue weighted by molar-refractivity contribution is 0.639. The quantitative estimate of drug-likeness (QED) is 0.173. The van der Waals surface area contributed by atoms with Gasteiger partial charge in [0.2, 0.25) is 5.71 Å². The van der Waals surface area contributed by atoms with Gasteiger partial charge in [0.05, 0.1) is 27.8 Å². The van der Waals surface area contributed by atoms with Crippen LogP contribution in [0.15, 0.2) is 232 Å². The van der Waals surface area contributed by atoms with Gasteiger partial charge in [-0.15, -0.1) is 11.3 Å². The summed E-state index contributed by atoms with van der Waals surface area (Å²) in [5, 5.41) is 11.3. The van der Waals surface area contributed by atoms with E-state index >= 15 is 0 Å². The number of hydrogen-bond acceptors (Lipinski definition) is 4. The van der Waals surface area contributed by atoms with Crippen molar-refractivity contribution in [3.8, 4) is 44.8 Å². The van der Waals surface area contributed by atoms with Crippen molar-refractivity contribution in [2.45, 2.75) is 0 Å². The number of fused-ring (bicyclic) bond motifs is 16. The molecule has 0 spiro atoms. The first-order chi connectivity index (χ1) is 34.7. The zero-order valence-electron chi connectivity index (χ0n) is 37.3. The molecule has 10 aromatic carbocycles. The van der Waals surface area contributed by atoms with E-state index in [2.05, 4.69) is 215 Å². The van der Waals surface area contributed by atoms with E-state index in [0.717, 1.165) is 127 Å². The van der Waals surface area contributed by atoms with Crippen LogP contribution >= 0.6 is 11.3 Å². The summed E-state index contributed by atoms with van der Waals surface area (Å²) in [4.78, 5) is 1.19. The molecule has 0 atom stereocenters. The van der Waals surface area contributed by atoms with Gasteiger partial charge in [-0.05, 0) is 70.8 Å². The molecule has 0 unspecified atom stereocenters. The first kappa shape index (κ1) is 37.9. The van der Waals surface area contributed by atoms with Crippen molar-refractivity contribution in [1.82, 2.24) is 9.13 Å². The third kappa shape index (κ3) is 5.20. The first-order valence-corrected chi connectivity index (χ1v) is 24.5. The van der Waals surface area contributed by atoms with Gasteiger partial charge >= 0.3 is 0 Å². The van der Waals surface area contributed by atoms with E-state index in [1.165, 1.54) is 25.7 Å². The van der Waals surface area contributed by atoms with Crippen LogP contribution in [0.25, 0.3) is 153 Å². The van der Waals surface area contributed by atoms with Crippen LogP contribution in [0, 0.1) is 0 Å². The fourth-order valence-electron chi connectivity index (χ4n) is 11.5. The average molecular weight is 913 g/mol. The predicted octanol–water partition coefficient (Wildman–Crippen LogP) is 18.6. The third-order valence-electron chi connectivity index (χ3n) is 14.6. The smallest absolute Gasteiger partial charge is 0.213 e. The molecule has 6 heterocycles. The Hall–Kier alpha value is -9.10. The average Bonchev–Trinajstić information content (AvgIpc) is 4.27. The van der Waals surface area contributed by atoms with Crippen LogP contribution in [0.4, 0.5) is 0 Å². The number of aromatic nitrogens is 2. The summed E-state index contributed by atoms with van der Waals surface area (Å²) >= 11 is 1.83. The van der Waals surface area contributed by atoms with Gasteiger partial charge in [-0.3, -0.25) is 9.13 Å². The summed E-state index contributed by atoms with van der Waals surface area (Å²) in [7, 11) is 0. The van der Waals surface area contributed by atoms with Crippen LogP contribution in [0.5, 0.6) is 0 Å². The summed E-state index contributed by atoms with van der Waals surface area (Å²) in [6.07, 6.45) is 0. The molecule has 0 aliphatic heterocycles. The molecule has 16 rings (SSSR count). The highest BCUT2D eigenvalue weighted by Gasteiger charge is 2.25. The van der Waals surface area contributed by atoms with Gasteiger partial charge in [0, 0.05) is 64.3 Å². The molecule has 0 aliphatic rings. The summed E-state index contributed by atoms with van der Waals surface area (Å²) < 4.78 is 26.8. The molecule has 0 fully saturated rings. The molecule has 0 bridgehead atoms. The maximum Gasteiger partial charge on any atom is 0.213 e. The standard InChI is InChI=1S/C64H36N2O3S/c1-3-15-37(16-4-1)41-21-11-23-43-45-25-13-27-53(61(45)68-59(41)43)65-51-33-31-39(35-49(51)57-47-19-7-9-29-55(47)67-63(57)65)40-32-34-52-50(36-40)58-48-20-8-10-30-56(48)70-64(58)66(52)54-28-14-26-46-44-24-12-22-42(60(44)69-62(46)54)38-17-5-2-6-18-38/h1-36H. The van der Waals surface area contributed by atoms with Crippen molar-refractivity contribution in [3.63, 3.8) is 0 Å². The Labute approximate surface area is 402 Å². The number of thiophene rings is 1. The van der Waals surface area contributed by atoms with Gasteiger partial charge in [-0.1, -0.05) is 170 Å². The van der Waals surface area contributed by atoms with Crippen molar-refractivity contribution in [2.75, 3.05) is 0 Å². The Morgan fingerprint density at radius 2 is 0.800 bits per heavy atom. The number of benzene rings is 10. The number of furan rings is 3. The molecule has 326 valence electrons. The predicted molar refractivity (Wildman–Crippen MR) is 291 cm³/mol. The summed E-state index contributed by atoms with van der Waals surface area (Å²) in [6, 6.07) is 77.9. The zero-order chi connectivity index (χ0) is 45.6. The number of nitrogens with zero attached hydrogens (tertiary/aromatic N) is 2. The monoisotopic (exact) mass is 912 g/mol. The van der Waals surface area contributed by atoms with Crippen LogP contribution < -0.4 is 0 Å². The van der Waals surface area contributed by atoms with Gasteiger partial charge in [-0.2, -0.15) is 0 Å². The molecule has 0 amide bonds. The van der Waals surface area contributed by atoms with Gasteiger partial charge in [0.1, 0.15) is 21.6 Å². The molecular weight excluding hydrogens is 877 g/mol. The Morgan fingerprint density at radius 3 is 1.43 bits per heavy atom. The zero-order valence-corrected chi connectivity index (χ0v) is 38.1. The summed E-state index contributed by atoms with van der Waals surface area (Å²) in [5.74, 6) is 0. The van der Waals surface area contributed by atoms with E-state index in [0.29, 0.717) is 0 Å². The SMILES string of the molecule is c1ccc(-c2cccc3c2oc2c(-n4c5ccc(-c6ccc7c(c6)c6c8ccccc8sc6n7-c6cccc7c6oc6c(-c8ccccc8)cccc67)cc5c5c6ccccc6oc54)cccc23)cc1. The Morgan fingerprint density at radius 1 is 0.314 bits per heavy atom. The minimum atomic E-state index is 0.791. The van der Waals surface area contributed by atoms with Crippen LogP contribution in [0.1, 0.15) is 0 Å². The second-order valence-electron chi connectivity index (χ2n) is 18.3. The van der Waals surface area contributed by atoms with E-state index < -0.39 is 0 Å². The Bertz CT molecular complexity index is 4520. The largest absolute Gasteiger partial charge is 0.453 e. The van der Waals surface area contributed by atoms with E-state index in [-0.39, 0.29) is 0 Å². The fraction of sp³-hybridized carbons (Fsp3) is 0. The highest BCUT2D eigenvalue weighted by atomic mass is 32.1. The van der Waals surface area contributed by atoms with Crippen LogP contribution in [0.2, 0.25) is 0 Å². The van der Waals surface area contributed by atoms with Crippen molar-refractivity contribution in [3.05, 3.63) is 218 Å². The normalized spacial score (nSPS) is 12.3. The van der Waals surface area contributed by atoms with Crippen LogP contribution in [0.3, 0.4) is 0 Å². The van der Waals surface area contributed by atoms with E-state index in [1.54, 1.807) is 0 Å². The lowest BCUT2D eigenvalue weighted by Gasteiger charge is -2.10. The Kier molecular flexibility index (Phi) is 7.70. The molecule has 5 nitrogen and oxygen atoms in total. The molecule has 0 aliphatic carbocycles. The van der Waals surface area contributed by atoms with Gasteiger partial charge in [-0.25, -0.2) is 0 Å². The molecule has 0 radical (unpaired) electrons. The maximum atomic E-state index is 7.02. The number of para-hydroxylation sites is 5. The molecule has 0 saturated heterocycles. The van der Waals surface area contributed by atoms with E-state index in [4.69, 9.17) is 13.3 Å². The Balaban J connectivity index is 0.914. The topological polar surface area (TPSA) is 49.3 Å². The lowest BCUT2D eigenvalue weighted by Crippen LogP contribution is -1.94. The van der Waals surface area contributed by atoms with Crippen molar-refractivity contribution in [2.24, 2.45) is 0 Å². The van der Waals surface area contributed by atoms with Crippen LogP contribution in [-0.2, 0) is 0 Å². The van der Waals surface area contributed by atoms with Crippen molar-refractivity contribution < 1.29 is 13.3 Å². The minimum absolute atomic E-state index is 0.791. The third-order valence-corrected chi connectivity index (χ3v) is 15.7. The number of rotatable bonds is 5. The number of hydrogen-bond donors (Lipinski definition) is 0. The highest BCUT2D eigenvalue weighted by Crippen LogP contribution is 2.48. The van der Waals surface area contributed by atoms with Gasteiger partial charge in [0.15, 0.2) is 11.2 Å². The molecule has 70 heavy (non-hydrogen) atoms. The summed E-state index contributed by atoms with van der Waals surface area (Å²) in [5.41, 5.74) is 15.9. The van der Waals surface area contributed by atoms with E-state index in [1.807, 2.05) is 23.5 Å². The molecule has 0 N–H and O–H groups in total. The molecular formula is C64H36N2O3S.